The predicted molar refractivity (Wildman–Crippen MR) is 127 cm³/mol. The summed E-state index contributed by atoms with van der Waals surface area (Å²) in [6, 6.07) is 10.6. The van der Waals surface area contributed by atoms with Gasteiger partial charge < -0.3 is 20.1 Å². The zero-order chi connectivity index (χ0) is 23.0. The van der Waals surface area contributed by atoms with Crippen LogP contribution < -0.4 is 15.4 Å². The van der Waals surface area contributed by atoms with Gasteiger partial charge in [0.15, 0.2) is 0 Å². The molecule has 1 heterocycles. The maximum absolute atomic E-state index is 9.49. The van der Waals surface area contributed by atoms with Gasteiger partial charge in [0.25, 0.3) is 0 Å². The molecule has 1 saturated carbocycles. The number of nitriles is 1. The number of rotatable bonds is 10. The Kier molecular flexibility index (Phi) is 8.29. The summed E-state index contributed by atoms with van der Waals surface area (Å²) in [5, 5.41) is 16.3. The molecule has 32 heavy (non-hydrogen) atoms. The van der Waals surface area contributed by atoms with Crippen LogP contribution in [0.3, 0.4) is 0 Å². The maximum atomic E-state index is 9.49. The van der Waals surface area contributed by atoms with E-state index in [2.05, 4.69) is 59.6 Å². The zero-order valence-corrected chi connectivity index (χ0v) is 19.6. The molecule has 1 aliphatic carbocycles. The summed E-state index contributed by atoms with van der Waals surface area (Å²) in [7, 11) is 1.66. The summed E-state index contributed by atoms with van der Waals surface area (Å²) in [5.74, 6) is 2.70. The fourth-order valence-electron chi connectivity index (χ4n) is 4.07. The Bertz CT molecular complexity index is 908. The highest BCUT2D eigenvalue weighted by Crippen LogP contribution is 2.41. The molecule has 1 aromatic carbocycles. The summed E-state index contributed by atoms with van der Waals surface area (Å²) in [4.78, 5) is 8.92. The SMILES string of the molecule is COCCOc1ccc(CCNc2ncc(C#N)c(N[C@@H]3CC[C@H](C)C(C)(C)C3)n2)cc1. The molecule has 1 aromatic heterocycles. The zero-order valence-electron chi connectivity index (χ0n) is 19.6. The molecule has 0 aliphatic heterocycles. The number of hydrogen-bond acceptors (Lipinski definition) is 7. The molecule has 1 fully saturated rings. The van der Waals surface area contributed by atoms with Crippen LogP contribution in [0.2, 0.25) is 0 Å². The normalized spacial score (nSPS) is 19.7. The molecule has 0 radical (unpaired) electrons. The topological polar surface area (TPSA) is 92.1 Å². The average Bonchev–Trinajstić information content (AvgIpc) is 2.78. The van der Waals surface area contributed by atoms with Gasteiger partial charge in [-0.25, -0.2) is 4.98 Å². The number of nitrogens with one attached hydrogen (secondary N) is 2. The lowest BCUT2D eigenvalue weighted by atomic mass is 9.68. The summed E-state index contributed by atoms with van der Waals surface area (Å²) < 4.78 is 10.6. The van der Waals surface area contributed by atoms with Crippen molar-refractivity contribution < 1.29 is 9.47 Å². The van der Waals surface area contributed by atoms with Crippen molar-refractivity contribution in [2.24, 2.45) is 11.3 Å². The first-order valence-corrected chi connectivity index (χ1v) is 11.4. The van der Waals surface area contributed by atoms with Crippen molar-refractivity contribution in [1.82, 2.24) is 9.97 Å². The van der Waals surface area contributed by atoms with E-state index in [0.717, 1.165) is 25.0 Å². The molecular formula is C25H35N5O2. The minimum absolute atomic E-state index is 0.279. The van der Waals surface area contributed by atoms with Crippen LogP contribution in [0.1, 0.15) is 51.2 Å². The van der Waals surface area contributed by atoms with Crippen LogP contribution in [-0.4, -0.2) is 42.9 Å². The number of methoxy groups -OCH3 is 1. The molecule has 1 aliphatic rings. The standard InChI is InChI=1S/C25H35N5O2/c1-18-5-8-21(15-25(18,2)3)29-23-20(16-26)17-28-24(30-23)27-12-11-19-6-9-22(10-7-19)32-14-13-31-4/h6-7,9-10,17-18,21H,5,8,11-15H2,1-4H3,(H2,27,28,29,30)/t18-,21+/m0/s1. The van der Waals surface area contributed by atoms with Crippen LogP contribution in [0.25, 0.3) is 0 Å². The van der Waals surface area contributed by atoms with Crippen LogP contribution >= 0.6 is 0 Å². The van der Waals surface area contributed by atoms with Gasteiger partial charge in [0, 0.05) is 19.7 Å². The molecule has 3 rings (SSSR count). The Labute approximate surface area is 191 Å². The lowest BCUT2D eigenvalue weighted by molar-refractivity contribution is 0.143. The van der Waals surface area contributed by atoms with Gasteiger partial charge >= 0.3 is 0 Å². The van der Waals surface area contributed by atoms with E-state index in [-0.39, 0.29) is 5.41 Å². The van der Waals surface area contributed by atoms with Crippen molar-refractivity contribution in [3.05, 3.63) is 41.6 Å². The minimum atomic E-state index is 0.279. The monoisotopic (exact) mass is 437 g/mol. The molecular weight excluding hydrogens is 402 g/mol. The Morgan fingerprint density at radius 2 is 1.97 bits per heavy atom. The second-order valence-corrected chi connectivity index (χ2v) is 9.24. The summed E-state index contributed by atoms with van der Waals surface area (Å²) in [6.45, 7) is 8.78. The van der Waals surface area contributed by atoms with Gasteiger partial charge in [0.1, 0.15) is 29.8 Å². The van der Waals surface area contributed by atoms with E-state index < -0.39 is 0 Å². The molecule has 2 N–H and O–H groups in total. The van der Waals surface area contributed by atoms with Crippen LogP contribution in [0.5, 0.6) is 5.75 Å². The minimum Gasteiger partial charge on any atom is -0.491 e. The van der Waals surface area contributed by atoms with Gasteiger partial charge in [-0.3, -0.25) is 0 Å². The number of benzene rings is 1. The molecule has 0 bridgehead atoms. The fraction of sp³-hybridized carbons (Fsp3) is 0.560. The van der Waals surface area contributed by atoms with Crippen molar-refractivity contribution >= 4 is 11.8 Å². The quantitative estimate of drug-likeness (QED) is 0.523. The number of anilines is 2. The van der Waals surface area contributed by atoms with Crippen molar-refractivity contribution in [2.45, 2.75) is 52.5 Å². The van der Waals surface area contributed by atoms with Crippen molar-refractivity contribution in [3.63, 3.8) is 0 Å². The fourth-order valence-corrected chi connectivity index (χ4v) is 4.07. The molecule has 2 aromatic rings. The van der Waals surface area contributed by atoms with Crippen LogP contribution in [0.4, 0.5) is 11.8 Å². The highest BCUT2D eigenvalue weighted by molar-refractivity contribution is 5.54. The van der Waals surface area contributed by atoms with Gasteiger partial charge in [-0.15, -0.1) is 0 Å². The Hall–Kier alpha value is -2.85. The lowest BCUT2D eigenvalue weighted by Gasteiger charge is -2.41. The largest absolute Gasteiger partial charge is 0.491 e. The highest BCUT2D eigenvalue weighted by atomic mass is 16.5. The Balaban J connectivity index is 1.54. The van der Waals surface area contributed by atoms with E-state index in [1.807, 2.05) is 12.1 Å². The Morgan fingerprint density at radius 3 is 2.66 bits per heavy atom. The predicted octanol–water partition coefficient (Wildman–Crippen LogP) is 4.65. The maximum Gasteiger partial charge on any atom is 0.224 e. The van der Waals surface area contributed by atoms with Gasteiger partial charge in [-0.05, 0) is 54.7 Å². The van der Waals surface area contributed by atoms with Gasteiger partial charge in [0.05, 0.1) is 12.8 Å². The molecule has 2 atom stereocenters. The van der Waals surface area contributed by atoms with Crippen LogP contribution in [0, 0.1) is 22.7 Å². The number of nitrogens with zero attached hydrogens (tertiary/aromatic N) is 3. The van der Waals surface area contributed by atoms with Crippen LogP contribution in [0.15, 0.2) is 30.5 Å². The van der Waals surface area contributed by atoms with Gasteiger partial charge in [-0.2, -0.15) is 10.2 Å². The van der Waals surface area contributed by atoms with Crippen molar-refractivity contribution in [2.75, 3.05) is 37.5 Å². The highest BCUT2D eigenvalue weighted by Gasteiger charge is 2.34. The molecule has 0 unspecified atom stereocenters. The summed E-state index contributed by atoms with van der Waals surface area (Å²) >= 11 is 0. The first-order valence-electron chi connectivity index (χ1n) is 11.4. The van der Waals surface area contributed by atoms with E-state index in [0.29, 0.717) is 49.0 Å². The van der Waals surface area contributed by atoms with E-state index >= 15 is 0 Å². The average molecular weight is 438 g/mol. The van der Waals surface area contributed by atoms with E-state index in [4.69, 9.17) is 9.47 Å². The molecule has 7 nitrogen and oxygen atoms in total. The first-order chi connectivity index (χ1) is 15.4. The molecule has 0 saturated heterocycles. The second kappa shape index (κ2) is 11.1. The van der Waals surface area contributed by atoms with E-state index in [1.54, 1.807) is 13.3 Å². The third kappa shape index (κ3) is 6.57. The number of ether oxygens (including phenoxy) is 2. The molecule has 0 amide bonds. The first kappa shape index (κ1) is 23.8. The third-order valence-electron chi connectivity index (χ3n) is 6.48. The van der Waals surface area contributed by atoms with Crippen molar-refractivity contribution in [1.29, 1.82) is 5.26 Å². The third-order valence-corrected chi connectivity index (χ3v) is 6.48. The molecule has 172 valence electrons. The second-order valence-electron chi connectivity index (χ2n) is 9.24. The smallest absolute Gasteiger partial charge is 0.224 e. The molecule has 0 spiro atoms. The van der Waals surface area contributed by atoms with Crippen LogP contribution in [-0.2, 0) is 11.2 Å². The molecule has 7 heteroatoms. The number of hydrogen-bond donors (Lipinski definition) is 2. The van der Waals surface area contributed by atoms with E-state index in [9.17, 15) is 5.26 Å². The van der Waals surface area contributed by atoms with Gasteiger partial charge in [0.2, 0.25) is 5.95 Å². The number of aromatic nitrogens is 2. The summed E-state index contributed by atoms with van der Waals surface area (Å²) in [6.07, 6.45) is 5.77. The van der Waals surface area contributed by atoms with Gasteiger partial charge in [-0.1, -0.05) is 32.9 Å². The van der Waals surface area contributed by atoms with E-state index in [1.165, 1.54) is 12.0 Å². The van der Waals surface area contributed by atoms with Crippen molar-refractivity contribution in [3.8, 4) is 11.8 Å². The lowest BCUT2D eigenvalue weighted by Crippen LogP contribution is -2.37. The summed E-state index contributed by atoms with van der Waals surface area (Å²) in [5.41, 5.74) is 1.96. The Morgan fingerprint density at radius 1 is 1.19 bits per heavy atom.